The lowest BCUT2D eigenvalue weighted by molar-refractivity contribution is 0.613. The van der Waals surface area contributed by atoms with Crippen LogP contribution in [0, 0.1) is 11.6 Å². The molecule has 0 N–H and O–H groups in total. The predicted octanol–water partition coefficient (Wildman–Crippen LogP) is 5.16. The summed E-state index contributed by atoms with van der Waals surface area (Å²) in [6.45, 7) is 0. The highest BCUT2D eigenvalue weighted by atomic mass is 79.9. The second-order valence-electron chi connectivity index (χ2n) is 3.20. The van der Waals surface area contributed by atoms with E-state index in [0.717, 1.165) is 0 Å². The van der Waals surface area contributed by atoms with Crippen molar-refractivity contribution in [2.24, 2.45) is 0 Å². The van der Waals surface area contributed by atoms with Gasteiger partial charge in [0.25, 0.3) is 0 Å². The zero-order valence-corrected chi connectivity index (χ0v) is 11.1. The maximum atomic E-state index is 13.6. The maximum Gasteiger partial charge on any atom is 0.152 e. The first-order valence-corrected chi connectivity index (χ1v) is 6.08. The van der Waals surface area contributed by atoms with Gasteiger partial charge in [0.2, 0.25) is 0 Å². The van der Waals surface area contributed by atoms with Gasteiger partial charge in [0.1, 0.15) is 5.82 Å². The Kier molecular flexibility index (Phi) is 3.40. The second kappa shape index (κ2) is 4.63. The van der Waals surface area contributed by atoms with E-state index in [0.29, 0.717) is 15.6 Å². The first-order valence-electron chi connectivity index (χ1n) is 4.49. The molecule has 0 bridgehead atoms. The Hall–Kier alpha value is -0.740. The fourth-order valence-corrected chi connectivity index (χ4v) is 2.57. The highest BCUT2D eigenvalue weighted by Crippen LogP contribution is 2.34. The Morgan fingerprint density at radius 2 is 1.50 bits per heavy atom. The Balaban J connectivity index is 2.66. The minimum absolute atomic E-state index is 0.256. The van der Waals surface area contributed by atoms with Crippen LogP contribution in [0.3, 0.4) is 0 Å². The van der Waals surface area contributed by atoms with E-state index in [1.165, 1.54) is 6.07 Å². The van der Waals surface area contributed by atoms with Crippen molar-refractivity contribution in [3.63, 3.8) is 0 Å². The molecule has 0 aromatic heterocycles. The maximum absolute atomic E-state index is 13.6. The minimum Gasteiger partial charge on any atom is -0.206 e. The van der Waals surface area contributed by atoms with Gasteiger partial charge in [0.05, 0.1) is 8.95 Å². The molecule has 0 saturated heterocycles. The largest absolute Gasteiger partial charge is 0.206 e. The summed E-state index contributed by atoms with van der Waals surface area (Å²) in [4.78, 5) is 0. The third-order valence-electron chi connectivity index (χ3n) is 2.20. The van der Waals surface area contributed by atoms with Crippen LogP contribution in [0.2, 0.25) is 0 Å². The third kappa shape index (κ3) is 2.04. The molecule has 0 saturated carbocycles. The number of rotatable bonds is 1. The van der Waals surface area contributed by atoms with Crippen LogP contribution in [0.5, 0.6) is 0 Å². The van der Waals surface area contributed by atoms with Gasteiger partial charge in [0, 0.05) is 11.1 Å². The highest BCUT2D eigenvalue weighted by molar-refractivity contribution is 9.11. The lowest BCUT2D eigenvalue weighted by Crippen LogP contribution is -1.88. The van der Waals surface area contributed by atoms with Gasteiger partial charge in [-0.25, -0.2) is 8.78 Å². The van der Waals surface area contributed by atoms with E-state index in [1.807, 2.05) is 0 Å². The molecule has 0 radical (unpaired) electrons. The van der Waals surface area contributed by atoms with Crippen LogP contribution in [0.15, 0.2) is 45.3 Å². The average molecular weight is 348 g/mol. The topological polar surface area (TPSA) is 0 Å². The molecule has 0 atom stereocenters. The molecule has 0 unspecified atom stereocenters. The van der Waals surface area contributed by atoms with Crippen LogP contribution < -0.4 is 0 Å². The third-order valence-corrected chi connectivity index (χ3v) is 3.59. The summed E-state index contributed by atoms with van der Waals surface area (Å²) in [5, 5.41) is 0. The molecule has 0 heterocycles. The molecule has 0 spiro atoms. The molecule has 0 amide bonds. The highest BCUT2D eigenvalue weighted by Gasteiger charge is 2.13. The molecule has 2 aromatic rings. The molecular weight excluding hydrogens is 342 g/mol. The van der Waals surface area contributed by atoms with Crippen molar-refractivity contribution < 1.29 is 8.78 Å². The SMILES string of the molecule is Fc1ccccc1-c1ccc(Br)c(F)c1Br. The normalized spacial score (nSPS) is 10.5. The van der Waals surface area contributed by atoms with Crippen LogP contribution in [0.1, 0.15) is 0 Å². The average Bonchev–Trinajstić information content (AvgIpc) is 2.28. The Bertz CT molecular complexity index is 539. The molecule has 0 fully saturated rings. The van der Waals surface area contributed by atoms with E-state index in [-0.39, 0.29) is 10.3 Å². The monoisotopic (exact) mass is 346 g/mol. The lowest BCUT2D eigenvalue weighted by atomic mass is 10.1. The van der Waals surface area contributed by atoms with E-state index in [4.69, 9.17) is 0 Å². The standard InChI is InChI=1S/C12H6Br2F2/c13-9-6-5-8(11(14)12(9)16)7-3-1-2-4-10(7)15/h1-6H. The van der Waals surface area contributed by atoms with Gasteiger partial charge in [-0.2, -0.15) is 0 Å². The van der Waals surface area contributed by atoms with Crippen molar-refractivity contribution in [2.45, 2.75) is 0 Å². The van der Waals surface area contributed by atoms with E-state index in [9.17, 15) is 8.78 Å². The number of halogens is 4. The van der Waals surface area contributed by atoms with Crippen LogP contribution >= 0.6 is 31.9 Å². The molecular formula is C12H6Br2F2. The Morgan fingerprint density at radius 1 is 0.812 bits per heavy atom. The van der Waals surface area contributed by atoms with Crippen molar-refractivity contribution in [3.05, 3.63) is 57.0 Å². The van der Waals surface area contributed by atoms with Gasteiger partial charge in [-0.05, 0) is 44.0 Å². The van der Waals surface area contributed by atoms with Gasteiger partial charge < -0.3 is 0 Å². The zero-order chi connectivity index (χ0) is 11.7. The zero-order valence-electron chi connectivity index (χ0n) is 7.98. The van der Waals surface area contributed by atoms with E-state index < -0.39 is 5.82 Å². The number of hydrogen-bond donors (Lipinski definition) is 0. The molecule has 4 heteroatoms. The summed E-state index contributed by atoms with van der Waals surface area (Å²) < 4.78 is 27.7. The number of benzene rings is 2. The van der Waals surface area contributed by atoms with Gasteiger partial charge in [0.15, 0.2) is 5.82 Å². The number of hydrogen-bond acceptors (Lipinski definition) is 0. The summed E-state index contributed by atoms with van der Waals surface area (Å²) in [6, 6.07) is 9.49. The fourth-order valence-electron chi connectivity index (χ4n) is 1.41. The second-order valence-corrected chi connectivity index (χ2v) is 4.85. The molecule has 0 aliphatic rings. The lowest BCUT2D eigenvalue weighted by Gasteiger charge is -2.07. The van der Waals surface area contributed by atoms with Crippen LogP contribution in [-0.2, 0) is 0 Å². The van der Waals surface area contributed by atoms with Crippen molar-refractivity contribution in [3.8, 4) is 11.1 Å². The smallest absolute Gasteiger partial charge is 0.152 e. The van der Waals surface area contributed by atoms with E-state index in [2.05, 4.69) is 31.9 Å². The molecule has 2 aromatic carbocycles. The first kappa shape index (κ1) is 11.7. The summed E-state index contributed by atoms with van der Waals surface area (Å²) in [6.07, 6.45) is 0. The minimum atomic E-state index is -0.430. The van der Waals surface area contributed by atoms with Gasteiger partial charge in [-0.15, -0.1) is 0 Å². The first-order chi connectivity index (χ1) is 7.61. The Labute approximate surface area is 109 Å². The molecule has 0 aliphatic heterocycles. The van der Waals surface area contributed by atoms with Crippen LogP contribution in [0.4, 0.5) is 8.78 Å². The van der Waals surface area contributed by atoms with E-state index >= 15 is 0 Å². The summed E-state index contributed by atoms with van der Waals surface area (Å²) in [5.41, 5.74) is 0.875. The van der Waals surface area contributed by atoms with Gasteiger partial charge in [-0.1, -0.05) is 24.3 Å². The van der Waals surface area contributed by atoms with Crippen molar-refractivity contribution in [1.82, 2.24) is 0 Å². The molecule has 0 aliphatic carbocycles. The molecule has 2 rings (SSSR count). The summed E-state index contributed by atoms with van der Waals surface area (Å²) >= 11 is 6.20. The fraction of sp³-hybridized carbons (Fsp3) is 0. The van der Waals surface area contributed by atoms with Crippen molar-refractivity contribution in [1.29, 1.82) is 0 Å². The quantitative estimate of drug-likeness (QED) is 0.625. The molecule has 0 nitrogen and oxygen atoms in total. The van der Waals surface area contributed by atoms with Crippen LogP contribution in [-0.4, -0.2) is 0 Å². The molecule has 82 valence electrons. The summed E-state index contributed by atoms with van der Waals surface area (Å²) in [5.74, 6) is -0.800. The van der Waals surface area contributed by atoms with Gasteiger partial charge >= 0.3 is 0 Å². The van der Waals surface area contributed by atoms with Crippen molar-refractivity contribution in [2.75, 3.05) is 0 Å². The Morgan fingerprint density at radius 3 is 2.19 bits per heavy atom. The van der Waals surface area contributed by atoms with E-state index in [1.54, 1.807) is 30.3 Å². The van der Waals surface area contributed by atoms with Gasteiger partial charge in [-0.3, -0.25) is 0 Å². The molecule has 16 heavy (non-hydrogen) atoms. The predicted molar refractivity (Wildman–Crippen MR) is 67.2 cm³/mol. The van der Waals surface area contributed by atoms with Crippen molar-refractivity contribution >= 4 is 31.9 Å². The van der Waals surface area contributed by atoms with Crippen LogP contribution in [0.25, 0.3) is 11.1 Å². The summed E-state index contributed by atoms with van der Waals surface area (Å²) in [7, 11) is 0.